The Morgan fingerprint density at radius 1 is 0.917 bits per heavy atom. The summed E-state index contributed by atoms with van der Waals surface area (Å²) in [6.07, 6.45) is 2.79. The van der Waals surface area contributed by atoms with Gasteiger partial charge in [-0.3, -0.25) is 0 Å². The van der Waals surface area contributed by atoms with Crippen LogP contribution in [0.1, 0.15) is 24.0 Å². The van der Waals surface area contributed by atoms with E-state index in [1.807, 2.05) is 30.3 Å². The molecule has 1 aliphatic heterocycles. The van der Waals surface area contributed by atoms with Gasteiger partial charge in [-0.1, -0.05) is 42.5 Å². The van der Waals surface area contributed by atoms with Crippen molar-refractivity contribution in [3.8, 4) is 0 Å². The quantitative estimate of drug-likeness (QED) is 0.806. The largest absolute Gasteiger partial charge is 0.451 e. The minimum atomic E-state index is -3.25. The molecule has 122 valence electrons. The van der Waals surface area contributed by atoms with Crippen LogP contribution in [0.15, 0.2) is 59.5 Å². The number of sulfone groups is 1. The molecule has 0 saturated heterocycles. The van der Waals surface area contributed by atoms with Crippen molar-refractivity contribution in [2.75, 3.05) is 6.26 Å². The Hall–Kier alpha value is -2.40. The molecule has 0 atom stereocenters. The normalized spacial score (nSPS) is 18.8. The topological polar surface area (TPSA) is 60.4 Å². The van der Waals surface area contributed by atoms with Crippen LogP contribution in [0.4, 0.5) is 0 Å². The summed E-state index contributed by atoms with van der Waals surface area (Å²) in [5.74, 6) is -0.305. The molecule has 0 amide bonds. The van der Waals surface area contributed by atoms with Crippen molar-refractivity contribution in [1.29, 1.82) is 0 Å². The van der Waals surface area contributed by atoms with Gasteiger partial charge < -0.3 is 4.74 Å². The van der Waals surface area contributed by atoms with Crippen molar-refractivity contribution < 1.29 is 17.9 Å². The summed E-state index contributed by atoms with van der Waals surface area (Å²) in [5.41, 5.74) is 2.59. The molecule has 2 aromatic rings. The average molecular weight is 340 g/mol. The van der Waals surface area contributed by atoms with E-state index in [0.717, 1.165) is 29.5 Å². The summed E-state index contributed by atoms with van der Waals surface area (Å²) < 4.78 is 29.0. The first-order chi connectivity index (χ1) is 11.4. The lowest BCUT2D eigenvalue weighted by molar-refractivity contribution is -0.138. The lowest BCUT2D eigenvalue weighted by atomic mass is 9.92. The Morgan fingerprint density at radius 3 is 2.08 bits per heavy atom. The fourth-order valence-corrected chi connectivity index (χ4v) is 3.85. The number of carbonyl (C=O) groups is 1. The first-order valence-corrected chi connectivity index (χ1v) is 9.64. The SMILES string of the molecule is CS(=O)(=O)c1ccc(C2=C(c3ccccc3)C(=O)OC23CC3)cc1. The second-order valence-electron chi connectivity index (χ2n) is 6.30. The zero-order valence-electron chi connectivity index (χ0n) is 13.2. The van der Waals surface area contributed by atoms with E-state index >= 15 is 0 Å². The van der Waals surface area contributed by atoms with Crippen LogP contribution in [0.25, 0.3) is 11.1 Å². The second kappa shape index (κ2) is 5.05. The average Bonchev–Trinajstić information content (AvgIpc) is 3.25. The standard InChI is InChI=1S/C19H16O4S/c1-24(21,22)15-9-7-14(8-10-15)17-16(13-5-3-2-4-6-13)18(20)23-19(17)11-12-19/h2-10H,11-12H2,1H3. The van der Waals surface area contributed by atoms with Gasteiger partial charge in [-0.05, 0) is 36.1 Å². The van der Waals surface area contributed by atoms with Crippen LogP contribution < -0.4 is 0 Å². The lowest BCUT2D eigenvalue weighted by Crippen LogP contribution is -2.11. The maximum absolute atomic E-state index is 12.5. The predicted octanol–water partition coefficient (Wildman–Crippen LogP) is 3.09. The Morgan fingerprint density at radius 2 is 1.54 bits per heavy atom. The number of ether oxygens (including phenoxy) is 1. The molecule has 0 N–H and O–H groups in total. The molecule has 1 heterocycles. The summed E-state index contributed by atoms with van der Waals surface area (Å²) in [6.45, 7) is 0. The van der Waals surface area contributed by atoms with E-state index in [0.29, 0.717) is 5.57 Å². The molecule has 0 radical (unpaired) electrons. The van der Waals surface area contributed by atoms with E-state index in [9.17, 15) is 13.2 Å². The zero-order valence-corrected chi connectivity index (χ0v) is 14.0. The molecule has 4 rings (SSSR count). The molecule has 1 spiro atoms. The molecule has 2 aromatic carbocycles. The summed E-state index contributed by atoms with van der Waals surface area (Å²) in [7, 11) is -3.25. The second-order valence-corrected chi connectivity index (χ2v) is 8.31. The minimum absolute atomic E-state index is 0.267. The van der Waals surface area contributed by atoms with E-state index in [1.54, 1.807) is 24.3 Å². The van der Waals surface area contributed by atoms with Crippen molar-refractivity contribution in [3.63, 3.8) is 0 Å². The molecule has 1 aliphatic carbocycles. The van der Waals surface area contributed by atoms with Gasteiger partial charge in [-0.2, -0.15) is 0 Å². The van der Waals surface area contributed by atoms with Gasteiger partial charge in [-0.15, -0.1) is 0 Å². The molecule has 5 heteroatoms. The van der Waals surface area contributed by atoms with Crippen LogP contribution in [0.3, 0.4) is 0 Å². The molecule has 2 aliphatic rings. The molecule has 1 fully saturated rings. The van der Waals surface area contributed by atoms with Gasteiger partial charge >= 0.3 is 5.97 Å². The Bertz CT molecular complexity index is 950. The molecule has 0 aromatic heterocycles. The molecule has 24 heavy (non-hydrogen) atoms. The number of hydrogen-bond acceptors (Lipinski definition) is 4. The van der Waals surface area contributed by atoms with Crippen LogP contribution in [-0.2, 0) is 19.4 Å². The van der Waals surface area contributed by atoms with E-state index in [4.69, 9.17) is 4.74 Å². The first-order valence-electron chi connectivity index (χ1n) is 7.75. The highest BCUT2D eigenvalue weighted by atomic mass is 32.2. The number of carbonyl (C=O) groups excluding carboxylic acids is 1. The van der Waals surface area contributed by atoms with Crippen LogP contribution in [0.2, 0.25) is 0 Å². The highest BCUT2D eigenvalue weighted by Crippen LogP contribution is 2.57. The third-order valence-electron chi connectivity index (χ3n) is 4.54. The summed E-state index contributed by atoms with van der Waals surface area (Å²) in [5, 5.41) is 0. The van der Waals surface area contributed by atoms with Gasteiger partial charge in [0.1, 0.15) is 5.60 Å². The highest BCUT2D eigenvalue weighted by Gasteiger charge is 2.57. The third kappa shape index (κ3) is 2.36. The minimum Gasteiger partial charge on any atom is -0.451 e. The van der Waals surface area contributed by atoms with Crippen molar-refractivity contribution >= 4 is 27.0 Å². The molecular weight excluding hydrogens is 324 g/mol. The van der Waals surface area contributed by atoms with Crippen molar-refractivity contribution in [2.45, 2.75) is 23.3 Å². The number of hydrogen-bond donors (Lipinski definition) is 0. The molecule has 0 unspecified atom stereocenters. The summed E-state index contributed by atoms with van der Waals surface area (Å²) >= 11 is 0. The van der Waals surface area contributed by atoms with Gasteiger partial charge in [0.05, 0.1) is 10.5 Å². The van der Waals surface area contributed by atoms with E-state index in [1.165, 1.54) is 6.26 Å². The van der Waals surface area contributed by atoms with Crippen molar-refractivity contribution in [2.24, 2.45) is 0 Å². The third-order valence-corrected chi connectivity index (χ3v) is 5.66. The lowest BCUT2D eigenvalue weighted by Gasteiger charge is -2.13. The van der Waals surface area contributed by atoms with E-state index in [2.05, 4.69) is 0 Å². The fraction of sp³-hybridized carbons (Fsp3) is 0.211. The number of rotatable bonds is 3. The zero-order chi connectivity index (χ0) is 16.9. The Labute approximate surface area is 140 Å². The van der Waals surface area contributed by atoms with E-state index < -0.39 is 15.4 Å². The number of esters is 1. The van der Waals surface area contributed by atoms with E-state index in [-0.39, 0.29) is 10.9 Å². The van der Waals surface area contributed by atoms with Crippen LogP contribution in [0, 0.1) is 0 Å². The molecule has 0 bridgehead atoms. The van der Waals surface area contributed by atoms with Crippen LogP contribution in [0.5, 0.6) is 0 Å². The van der Waals surface area contributed by atoms with Gasteiger partial charge in [0.2, 0.25) is 0 Å². The van der Waals surface area contributed by atoms with Crippen molar-refractivity contribution in [1.82, 2.24) is 0 Å². The maximum atomic E-state index is 12.5. The Kier molecular flexibility index (Phi) is 3.18. The summed E-state index contributed by atoms with van der Waals surface area (Å²) in [6, 6.07) is 16.1. The van der Waals surface area contributed by atoms with Crippen LogP contribution >= 0.6 is 0 Å². The highest BCUT2D eigenvalue weighted by molar-refractivity contribution is 7.90. The summed E-state index contributed by atoms with van der Waals surface area (Å²) in [4.78, 5) is 12.7. The predicted molar refractivity (Wildman–Crippen MR) is 90.9 cm³/mol. The molecular formula is C19H16O4S. The van der Waals surface area contributed by atoms with Gasteiger partial charge in [-0.25, -0.2) is 13.2 Å². The van der Waals surface area contributed by atoms with Crippen molar-refractivity contribution in [3.05, 3.63) is 65.7 Å². The van der Waals surface area contributed by atoms with Gasteiger partial charge in [0, 0.05) is 11.8 Å². The van der Waals surface area contributed by atoms with Crippen LogP contribution in [-0.4, -0.2) is 26.2 Å². The van der Waals surface area contributed by atoms with Gasteiger partial charge in [0.15, 0.2) is 9.84 Å². The molecule has 4 nitrogen and oxygen atoms in total. The molecule has 1 saturated carbocycles. The first kappa shape index (κ1) is 15.1. The fourth-order valence-electron chi connectivity index (χ4n) is 3.22. The Balaban J connectivity index is 1.89. The monoisotopic (exact) mass is 340 g/mol. The maximum Gasteiger partial charge on any atom is 0.340 e. The number of benzene rings is 2. The van der Waals surface area contributed by atoms with Gasteiger partial charge in [0.25, 0.3) is 0 Å². The smallest absolute Gasteiger partial charge is 0.340 e.